The van der Waals surface area contributed by atoms with Crippen molar-refractivity contribution >= 4 is 33.6 Å². The van der Waals surface area contributed by atoms with Crippen LogP contribution in [0.1, 0.15) is 57.4 Å². The Balaban J connectivity index is 1.45. The van der Waals surface area contributed by atoms with Crippen LogP contribution >= 0.6 is 0 Å². The fourth-order valence-electron chi connectivity index (χ4n) is 4.96. The summed E-state index contributed by atoms with van der Waals surface area (Å²) in [5, 5.41) is 5.46. The number of hydrogen-bond donors (Lipinski definition) is 2. The average Bonchev–Trinajstić information content (AvgIpc) is 3.01. The summed E-state index contributed by atoms with van der Waals surface area (Å²) in [5.41, 5.74) is 0.0132. The molecule has 2 saturated heterocycles. The molecule has 4 rings (SSSR count). The lowest BCUT2D eigenvalue weighted by atomic mass is 9.77. The van der Waals surface area contributed by atoms with Crippen LogP contribution in [0.3, 0.4) is 0 Å². The van der Waals surface area contributed by atoms with Gasteiger partial charge in [0.05, 0.1) is 4.90 Å². The molecule has 4 amide bonds. The number of hydrogen-bond acceptors (Lipinski definition) is 5. The van der Waals surface area contributed by atoms with E-state index in [0.29, 0.717) is 43.1 Å². The second-order valence-corrected chi connectivity index (χ2v) is 11.5. The molecule has 1 aromatic rings. The molecule has 0 atom stereocenters. The summed E-state index contributed by atoms with van der Waals surface area (Å²) in [6.07, 6.45) is 5.54. The Morgan fingerprint density at radius 2 is 1.82 bits per heavy atom. The van der Waals surface area contributed by atoms with E-state index >= 15 is 0 Å². The van der Waals surface area contributed by atoms with Crippen LogP contribution in [0.4, 0.5) is 10.5 Å². The monoisotopic (exact) mass is 476 g/mol. The molecular formula is C23H32N4O5S. The maximum Gasteiger partial charge on any atom is 0.325 e. The number of rotatable bonds is 5. The molecule has 0 bridgehead atoms. The molecule has 1 spiro atoms. The Morgan fingerprint density at radius 1 is 1.15 bits per heavy atom. The number of amides is 4. The number of nitrogens with zero attached hydrogens (tertiary/aromatic N) is 2. The molecule has 1 aliphatic carbocycles. The number of imide groups is 1. The molecule has 2 N–H and O–H groups in total. The van der Waals surface area contributed by atoms with Gasteiger partial charge in [-0.15, -0.1) is 0 Å². The maximum atomic E-state index is 13.1. The largest absolute Gasteiger partial charge is 0.325 e. The molecule has 0 aromatic heterocycles. The summed E-state index contributed by atoms with van der Waals surface area (Å²) in [6.45, 7) is 4.42. The van der Waals surface area contributed by atoms with Crippen molar-refractivity contribution in [3.63, 3.8) is 0 Å². The number of anilines is 1. The number of carbonyl (C=O) groups excluding carboxylic acids is 3. The van der Waals surface area contributed by atoms with E-state index in [4.69, 9.17) is 0 Å². The molecule has 3 aliphatic rings. The minimum Gasteiger partial charge on any atom is -0.324 e. The Kier molecular flexibility index (Phi) is 6.50. The topological polar surface area (TPSA) is 116 Å². The van der Waals surface area contributed by atoms with Crippen LogP contribution in [-0.4, -0.2) is 60.6 Å². The third-order valence-corrected chi connectivity index (χ3v) is 9.12. The zero-order chi connectivity index (χ0) is 23.8. The summed E-state index contributed by atoms with van der Waals surface area (Å²) in [7, 11) is -3.66. The van der Waals surface area contributed by atoms with Crippen LogP contribution < -0.4 is 10.6 Å². The van der Waals surface area contributed by atoms with Gasteiger partial charge in [0.15, 0.2) is 0 Å². The van der Waals surface area contributed by atoms with E-state index < -0.39 is 34.0 Å². The summed E-state index contributed by atoms with van der Waals surface area (Å²) < 4.78 is 27.7. The number of sulfonamides is 1. The smallest absolute Gasteiger partial charge is 0.324 e. The third-order valence-electron chi connectivity index (χ3n) is 7.08. The zero-order valence-corrected chi connectivity index (χ0v) is 20.0. The first-order valence-electron chi connectivity index (χ1n) is 11.7. The van der Waals surface area contributed by atoms with Gasteiger partial charge in [-0.25, -0.2) is 13.2 Å². The molecule has 0 radical (unpaired) electrons. The minimum atomic E-state index is -3.66. The second kappa shape index (κ2) is 9.06. The van der Waals surface area contributed by atoms with Crippen molar-refractivity contribution in [1.29, 1.82) is 0 Å². The molecule has 0 unspecified atom stereocenters. The van der Waals surface area contributed by atoms with Crippen LogP contribution in [0.15, 0.2) is 23.1 Å². The van der Waals surface area contributed by atoms with Crippen LogP contribution in [0.25, 0.3) is 0 Å². The number of benzene rings is 1. The van der Waals surface area contributed by atoms with E-state index in [-0.39, 0.29) is 10.8 Å². The Morgan fingerprint density at radius 3 is 2.48 bits per heavy atom. The van der Waals surface area contributed by atoms with Gasteiger partial charge in [-0.1, -0.05) is 19.4 Å². The number of aryl methyl sites for hydroxylation is 1. The summed E-state index contributed by atoms with van der Waals surface area (Å²) in [4.78, 5) is 39.2. The van der Waals surface area contributed by atoms with E-state index in [1.807, 2.05) is 0 Å². The highest BCUT2D eigenvalue weighted by Crippen LogP contribution is 2.36. The van der Waals surface area contributed by atoms with Crippen LogP contribution in [0.2, 0.25) is 0 Å². The number of urea groups is 1. The second-order valence-electron chi connectivity index (χ2n) is 9.58. The quantitative estimate of drug-likeness (QED) is 0.634. The number of piperidine rings is 1. The van der Waals surface area contributed by atoms with Crippen molar-refractivity contribution in [3.8, 4) is 0 Å². The summed E-state index contributed by atoms with van der Waals surface area (Å²) >= 11 is 0. The zero-order valence-electron chi connectivity index (χ0n) is 19.2. The molecule has 180 valence electrons. The SMILES string of the molecule is Cc1ccc(NC(=O)CN2C(=O)NC3(CCC(C)CC3)C2=O)cc1S(=O)(=O)N1CCCCC1. The van der Waals surface area contributed by atoms with Crippen molar-refractivity contribution in [3.05, 3.63) is 23.8 Å². The molecule has 3 fully saturated rings. The van der Waals surface area contributed by atoms with Crippen LogP contribution in [0, 0.1) is 12.8 Å². The molecule has 9 nitrogen and oxygen atoms in total. The number of carbonyl (C=O) groups is 3. The Bertz CT molecular complexity index is 1060. The van der Waals surface area contributed by atoms with Gasteiger partial charge < -0.3 is 10.6 Å². The van der Waals surface area contributed by atoms with Crippen molar-refractivity contribution in [1.82, 2.24) is 14.5 Å². The standard InChI is InChI=1S/C23H32N4O5S/c1-16-8-10-23(11-9-16)21(29)27(22(30)25-23)15-20(28)24-18-7-6-17(2)19(14-18)33(31,32)26-12-4-3-5-13-26/h6-7,14,16H,3-5,8-13,15H2,1-2H3,(H,24,28)(H,25,30). The predicted molar refractivity (Wildman–Crippen MR) is 123 cm³/mol. The molecule has 2 heterocycles. The van der Waals surface area contributed by atoms with E-state index in [0.717, 1.165) is 37.0 Å². The first-order valence-corrected chi connectivity index (χ1v) is 13.1. The lowest BCUT2D eigenvalue weighted by molar-refractivity contribution is -0.135. The molecule has 2 aliphatic heterocycles. The summed E-state index contributed by atoms with van der Waals surface area (Å²) in [6, 6.07) is 4.17. The van der Waals surface area contributed by atoms with E-state index in [1.165, 1.54) is 10.4 Å². The third kappa shape index (κ3) is 4.63. The van der Waals surface area contributed by atoms with Crippen molar-refractivity contribution in [2.75, 3.05) is 25.0 Å². The molecule has 1 aromatic carbocycles. The highest BCUT2D eigenvalue weighted by molar-refractivity contribution is 7.89. The fraction of sp³-hybridized carbons (Fsp3) is 0.609. The Hall–Kier alpha value is -2.46. The molecule has 33 heavy (non-hydrogen) atoms. The minimum absolute atomic E-state index is 0.160. The van der Waals surface area contributed by atoms with Gasteiger partial charge in [0.2, 0.25) is 15.9 Å². The molecule has 10 heteroatoms. The van der Waals surface area contributed by atoms with Gasteiger partial charge in [-0.2, -0.15) is 4.31 Å². The van der Waals surface area contributed by atoms with E-state index in [2.05, 4.69) is 17.6 Å². The van der Waals surface area contributed by atoms with Gasteiger partial charge in [0.25, 0.3) is 5.91 Å². The van der Waals surface area contributed by atoms with E-state index in [1.54, 1.807) is 19.1 Å². The van der Waals surface area contributed by atoms with Gasteiger partial charge in [-0.3, -0.25) is 14.5 Å². The van der Waals surface area contributed by atoms with Crippen molar-refractivity contribution in [2.45, 2.75) is 69.2 Å². The molecular weight excluding hydrogens is 444 g/mol. The lowest BCUT2D eigenvalue weighted by Gasteiger charge is -2.33. The van der Waals surface area contributed by atoms with Gasteiger partial charge >= 0.3 is 6.03 Å². The Labute approximate surface area is 194 Å². The van der Waals surface area contributed by atoms with Gasteiger partial charge in [0, 0.05) is 18.8 Å². The molecule has 1 saturated carbocycles. The maximum absolute atomic E-state index is 13.1. The predicted octanol–water partition coefficient (Wildman–Crippen LogP) is 2.61. The normalized spacial score (nSPS) is 26.5. The highest BCUT2D eigenvalue weighted by atomic mass is 32.2. The van der Waals surface area contributed by atoms with Crippen molar-refractivity contribution < 1.29 is 22.8 Å². The number of nitrogens with one attached hydrogen (secondary N) is 2. The van der Waals surface area contributed by atoms with Gasteiger partial charge in [0.1, 0.15) is 12.1 Å². The van der Waals surface area contributed by atoms with Crippen molar-refractivity contribution in [2.24, 2.45) is 5.92 Å². The van der Waals surface area contributed by atoms with E-state index in [9.17, 15) is 22.8 Å². The lowest BCUT2D eigenvalue weighted by Crippen LogP contribution is -2.49. The van der Waals surface area contributed by atoms with Crippen LogP contribution in [0.5, 0.6) is 0 Å². The van der Waals surface area contributed by atoms with Gasteiger partial charge in [-0.05, 0) is 69.1 Å². The van der Waals surface area contributed by atoms with Crippen LogP contribution in [-0.2, 0) is 19.6 Å². The average molecular weight is 477 g/mol. The summed E-state index contributed by atoms with van der Waals surface area (Å²) in [5.74, 6) is -0.397. The fourth-order valence-corrected chi connectivity index (χ4v) is 6.73. The first kappa shape index (κ1) is 23.7. The highest BCUT2D eigenvalue weighted by Gasteiger charge is 2.52. The first-order chi connectivity index (χ1) is 15.6.